The zero-order chi connectivity index (χ0) is 12.1. The number of nitriles is 3. The van der Waals surface area contributed by atoms with Gasteiger partial charge in [0.25, 0.3) is 0 Å². The van der Waals surface area contributed by atoms with Gasteiger partial charge in [0.1, 0.15) is 0 Å². The summed E-state index contributed by atoms with van der Waals surface area (Å²) in [6.45, 7) is 0. The van der Waals surface area contributed by atoms with Crippen LogP contribution < -0.4 is 0 Å². The Bertz CT molecular complexity index is 504. The average molecular weight is 339 g/mol. The molecule has 0 atom stereocenters. The van der Waals surface area contributed by atoms with Crippen LogP contribution in [0.5, 0.6) is 0 Å². The van der Waals surface area contributed by atoms with E-state index in [9.17, 15) is 0 Å². The second-order valence-corrected chi connectivity index (χ2v) is 4.66. The number of benzene rings is 1. The molecule has 16 heavy (non-hydrogen) atoms. The fraction of sp³-hybridized carbons (Fsp3) is 0.182. The van der Waals surface area contributed by atoms with Gasteiger partial charge in [0.2, 0.25) is 0 Å². The van der Waals surface area contributed by atoms with Crippen molar-refractivity contribution in [1.29, 1.82) is 15.8 Å². The highest BCUT2D eigenvalue weighted by molar-refractivity contribution is 9.11. The van der Waals surface area contributed by atoms with Crippen molar-refractivity contribution in [3.63, 3.8) is 0 Å². The molecule has 0 aliphatic carbocycles. The van der Waals surface area contributed by atoms with Crippen molar-refractivity contribution >= 4 is 31.9 Å². The lowest BCUT2D eigenvalue weighted by Crippen LogP contribution is -1.98. The molecule has 0 spiro atoms. The fourth-order valence-corrected chi connectivity index (χ4v) is 2.79. The Morgan fingerprint density at radius 3 is 1.69 bits per heavy atom. The maximum absolute atomic E-state index is 9.09. The number of nitrogens with zero attached hydrogens (tertiary/aromatic N) is 3. The van der Waals surface area contributed by atoms with E-state index >= 15 is 0 Å². The minimum absolute atomic E-state index is 0.148. The van der Waals surface area contributed by atoms with E-state index in [0.717, 1.165) is 0 Å². The molecule has 0 heterocycles. The second kappa shape index (κ2) is 5.66. The summed E-state index contributed by atoms with van der Waals surface area (Å²) in [6.07, 6.45) is 0.296. The van der Waals surface area contributed by atoms with Crippen molar-refractivity contribution in [1.82, 2.24) is 0 Å². The van der Waals surface area contributed by atoms with E-state index in [1.165, 1.54) is 0 Å². The van der Waals surface area contributed by atoms with Gasteiger partial charge >= 0.3 is 0 Å². The van der Waals surface area contributed by atoms with E-state index in [1.807, 2.05) is 12.1 Å². The van der Waals surface area contributed by atoms with Gasteiger partial charge in [0.15, 0.2) is 0 Å². The Hall–Kier alpha value is -1.35. The van der Waals surface area contributed by atoms with Crippen LogP contribution in [0.2, 0.25) is 0 Å². The van der Waals surface area contributed by atoms with Crippen LogP contribution in [0, 0.1) is 34.0 Å². The monoisotopic (exact) mass is 337 g/mol. The van der Waals surface area contributed by atoms with Crippen LogP contribution in [-0.2, 0) is 12.8 Å². The van der Waals surface area contributed by atoms with Gasteiger partial charge in [-0.25, -0.2) is 0 Å². The summed E-state index contributed by atoms with van der Waals surface area (Å²) in [5.74, 6) is 0. The average Bonchev–Trinajstić information content (AvgIpc) is 2.25. The topological polar surface area (TPSA) is 71.4 Å². The summed E-state index contributed by atoms with van der Waals surface area (Å²) in [7, 11) is 0. The predicted octanol–water partition coefficient (Wildman–Crippen LogP) is 3.22. The van der Waals surface area contributed by atoms with Crippen molar-refractivity contribution < 1.29 is 0 Å². The molecule has 1 aromatic carbocycles. The van der Waals surface area contributed by atoms with Gasteiger partial charge in [-0.2, -0.15) is 15.8 Å². The highest BCUT2D eigenvalue weighted by atomic mass is 79.9. The molecule has 0 aromatic heterocycles. The van der Waals surface area contributed by atoms with Crippen molar-refractivity contribution in [3.05, 3.63) is 31.7 Å². The van der Waals surface area contributed by atoms with E-state index in [0.29, 0.717) is 25.6 Å². The van der Waals surface area contributed by atoms with Gasteiger partial charge in [0, 0.05) is 8.95 Å². The van der Waals surface area contributed by atoms with Gasteiger partial charge < -0.3 is 0 Å². The lowest BCUT2D eigenvalue weighted by atomic mass is 9.98. The highest BCUT2D eigenvalue weighted by Crippen LogP contribution is 2.31. The molecule has 0 saturated heterocycles. The molecule has 0 fully saturated rings. The Morgan fingerprint density at radius 2 is 1.38 bits per heavy atom. The van der Waals surface area contributed by atoms with Crippen LogP contribution >= 0.6 is 31.9 Å². The van der Waals surface area contributed by atoms with Crippen LogP contribution in [0.4, 0.5) is 0 Å². The molecule has 78 valence electrons. The van der Waals surface area contributed by atoms with Crippen LogP contribution in [0.1, 0.15) is 16.7 Å². The van der Waals surface area contributed by atoms with Crippen molar-refractivity contribution in [2.45, 2.75) is 12.8 Å². The third kappa shape index (κ3) is 2.42. The Labute approximate surface area is 110 Å². The van der Waals surface area contributed by atoms with Gasteiger partial charge in [-0.3, -0.25) is 0 Å². The molecule has 0 aliphatic heterocycles. The molecule has 0 aliphatic rings. The smallest absolute Gasteiger partial charge is 0.0999 e. The maximum Gasteiger partial charge on any atom is 0.0999 e. The Balaban J connectivity index is 3.53. The highest BCUT2D eigenvalue weighted by Gasteiger charge is 2.15. The Kier molecular flexibility index (Phi) is 4.50. The molecule has 0 bridgehead atoms. The lowest BCUT2D eigenvalue weighted by Gasteiger charge is -2.09. The summed E-state index contributed by atoms with van der Waals surface area (Å²) in [4.78, 5) is 0. The lowest BCUT2D eigenvalue weighted by molar-refractivity contribution is 1.15. The van der Waals surface area contributed by atoms with Crippen LogP contribution in [0.15, 0.2) is 15.0 Å². The minimum atomic E-state index is 0.148. The molecule has 0 radical (unpaired) electrons. The standard InChI is InChI=1S/C11H5Br2N3/c12-10-5-11(13)8(2-4-15)9(6-16)7(10)1-3-14/h5H,1-2H2. The number of halogens is 2. The molecule has 5 heteroatoms. The van der Waals surface area contributed by atoms with E-state index < -0.39 is 0 Å². The quantitative estimate of drug-likeness (QED) is 0.831. The summed E-state index contributed by atoms with van der Waals surface area (Å²) in [5.41, 5.74) is 1.68. The van der Waals surface area contributed by atoms with Gasteiger partial charge in [0.05, 0.1) is 36.6 Å². The molecule has 0 unspecified atom stereocenters. The third-order valence-electron chi connectivity index (χ3n) is 2.06. The molecule has 3 nitrogen and oxygen atoms in total. The maximum atomic E-state index is 9.09. The Morgan fingerprint density at radius 1 is 0.938 bits per heavy atom. The third-order valence-corrected chi connectivity index (χ3v) is 3.47. The van der Waals surface area contributed by atoms with E-state index in [-0.39, 0.29) is 12.8 Å². The van der Waals surface area contributed by atoms with E-state index in [4.69, 9.17) is 15.8 Å². The molecule has 0 N–H and O–H groups in total. The van der Waals surface area contributed by atoms with Crippen LogP contribution in [0.3, 0.4) is 0 Å². The predicted molar refractivity (Wildman–Crippen MR) is 65.2 cm³/mol. The van der Waals surface area contributed by atoms with Crippen molar-refractivity contribution in [2.24, 2.45) is 0 Å². The van der Waals surface area contributed by atoms with E-state index in [2.05, 4.69) is 37.9 Å². The van der Waals surface area contributed by atoms with Gasteiger partial charge in [-0.05, 0) is 17.2 Å². The summed E-state index contributed by atoms with van der Waals surface area (Å²) >= 11 is 6.62. The molecule has 1 aromatic rings. The summed E-state index contributed by atoms with van der Waals surface area (Å²) in [5, 5.41) is 26.5. The van der Waals surface area contributed by atoms with Crippen LogP contribution in [0.25, 0.3) is 0 Å². The van der Waals surface area contributed by atoms with Crippen molar-refractivity contribution in [2.75, 3.05) is 0 Å². The number of rotatable bonds is 2. The zero-order valence-corrected chi connectivity index (χ0v) is 11.3. The zero-order valence-electron chi connectivity index (χ0n) is 8.09. The first-order chi connectivity index (χ1) is 7.65. The number of hydrogen-bond donors (Lipinski definition) is 0. The first-order valence-corrected chi connectivity index (χ1v) is 5.88. The van der Waals surface area contributed by atoms with Crippen LogP contribution in [-0.4, -0.2) is 0 Å². The minimum Gasteiger partial charge on any atom is -0.198 e. The first-order valence-electron chi connectivity index (χ1n) is 4.29. The fourth-order valence-electron chi connectivity index (χ4n) is 1.35. The molecule has 1 rings (SSSR count). The molecular formula is C11H5Br2N3. The molecule has 0 saturated carbocycles. The van der Waals surface area contributed by atoms with E-state index in [1.54, 1.807) is 6.07 Å². The van der Waals surface area contributed by atoms with Gasteiger partial charge in [-0.15, -0.1) is 0 Å². The molecular weight excluding hydrogens is 334 g/mol. The first kappa shape index (κ1) is 12.7. The number of hydrogen-bond acceptors (Lipinski definition) is 3. The normalized spacial score (nSPS) is 8.94. The molecule has 0 amide bonds. The summed E-state index contributed by atoms with van der Waals surface area (Å²) in [6, 6.07) is 7.84. The van der Waals surface area contributed by atoms with Gasteiger partial charge in [-0.1, -0.05) is 31.9 Å². The largest absolute Gasteiger partial charge is 0.198 e. The SMILES string of the molecule is N#CCc1c(Br)cc(Br)c(CC#N)c1C#N. The second-order valence-electron chi connectivity index (χ2n) is 2.95. The van der Waals surface area contributed by atoms with Crippen molar-refractivity contribution in [3.8, 4) is 18.2 Å². The summed E-state index contributed by atoms with van der Waals surface area (Å²) < 4.78 is 1.42.